The van der Waals surface area contributed by atoms with E-state index in [1.807, 2.05) is 0 Å². The molecule has 0 saturated carbocycles. The highest BCUT2D eigenvalue weighted by Gasteiger charge is 2.20. The maximum Gasteiger partial charge on any atom is 0.129 e. The van der Waals surface area contributed by atoms with Gasteiger partial charge in [0.15, 0.2) is 0 Å². The van der Waals surface area contributed by atoms with Crippen molar-refractivity contribution in [2.75, 3.05) is 0 Å². The number of benzene rings is 2. The molecule has 0 radical (unpaired) electrons. The van der Waals surface area contributed by atoms with Gasteiger partial charge in [-0.05, 0) is 47.7 Å². The molecule has 0 aromatic heterocycles. The fraction of sp³-hybridized carbons (Fsp3) is 0.238. The van der Waals surface area contributed by atoms with Crippen molar-refractivity contribution in [3.8, 4) is 11.5 Å². The predicted molar refractivity (Wildman–Crippen MR) is 98.5 cm³/mol. The Labute approximate surface area is 134 Å². The van der Waals surface area contributed by atoms with E-state index >= 15 is 0 Å². The molecule has 0 fully saturated rings. The van der Waals surface area contributed by atoms with Gasteiger partial charge in [-0.2, -0.15) is 0 Å². The summed E-state index contributed by atoms with van der Waals surface area (Å²) in [6, 6.07) is 17.4. The monoisotopic (exact) mass is 302 g/mol. The largest absolute Gasteiger partial charge is 0.129 e. The van der Waals surface area contributed by atoms with Crippen LogP contribution in [0.2, 0.25) is 19.6 Å². The maximum atomic E-state index is 3.47. The first kappa shape index (κ1) is 14.9. The molecule has 0 nitrogen and oxygen atoms in total. The van der Waals surface area contributed by atoms with Crippen LogP contribution in [-0.2, 0) is 6.42 Å². The highest BCUT2D eigenvalue weighted by molar-refractivity contribution is 6.83. The zero-order valence-corrected chi connectivity index (χ0v) is 14.8. The van der Waals surface area contributed by atoms with Crippen LogP contribution in [0.5, 0.6) is 0 Å². The molecule has 0 atom stereocenters. The summed E-state index contributed by atoms with van der Waals surface area (Å²) in [4.78, 5) is 0. The van der Waals surface area contributed by atoms with Crippen LogP contribution in [0.15, 0.2) is 54.1 Å². The molecule has 110 valence electrons. The fourth-order valence-corrected chi connectivity index (χ4v) is 3.43. The summed E-state index contributed by atoms with van der Waals surface area (Å²) in [6.07, 6.45) is 1.06. The van der Waals surface area contributed by atoms with Gasteiger partial charge in [0.1, 0.15) is 8.07 Å². The Kier molecular flexibility index (Phi) is 3.81. The number of fused-ring (bicyclic) bond motifs is 1. The Bertz CT molecular complexity index is 793. The average Bonchev–Trinajstić information content (AvgIpc) is 2.80. The van der Waals surface area contributed by atoms with Crippen molar-refractivity contribution in [1.82, 2.24) is 0 Å². The van der Waals surface area contributed by atoms with E-state index in [1.54, 1.807) is 0 Å². The minimum absolute atomic E-state index is 1.06. The summed E-state index contributed by atoms with van der Waals surface area (Å²) in [5, 5.41) is 0. The van der Waals surface area contributed by atoms with E-state index in [1.165, 1.54) is 27.8 Å². The summed E-state index contributed by atoms with van der Waals surface area (Å²) >= 11 is 0. The van der Waals surface area contributed by atoms with Crippen LogP contribution in [-0.4, -0.2) is 8.07 Å². The molecular weight excluding hydrogens is 280 g/mol. The maximum absolute atomic E-state index is 3.47. The lowest BCUT2D eigenvalue weighted by Gasteiger charge is -2.08. The highest BCUT2D eigenvalue weighted by Crippen LogP contribution is 2.37. The SMILES string of the molecule is CC1=C(c2ccccc2)c2cc(C#C[Si](C)(C)C)ccc2C1. The van der Waals surface area contributed by atoms with Gasteiger partial charge < -0.3 is 0 Å². The Hall–Kier alpha value is -2.04. The summed E-state index contributed by atoms with van der Waals surface area (Å²) in [6.45, 7) is 9.10. The molecule has 1 aliphatic rings. The van der Waals surface area contributed by atoms with E-state index < -0.39 is 8.07 Å². The number of hydrogen-bond acceptors (Lipinski definition) is 0. The molecule has 0 heterocycles. The van der Waals surface area contributed by atoms with Gasteiger partial charge in [0.05, 0.1) is 0 Å². The standard InChI is InChI=1S/C21H22Si/c1-16-14-19-11-10-17(12-13-22(2,3)4)15-20(19)21(16)18-8-6-5-7-9-18/h5-11,15H,14H2,1-4H3. The van der Waals surface area contributed by atoms with Crippen LogP contribution in [0.1, 0.15) is 29.2 Å². The molecule has 0 aliphatic heterocycles. The molecule has 0 unspecified atom stereocenters. The number of rotatable bonds is 1. The molecule has 0 amide bonds. The van der Waals surface area contributed by atoms with E-state index in [2.05, 4.69) is 86.6 Å². The molecule has 2 aromatic rings. The van der Waals surface area contributed by atoms with Crippen LogP contribution in [0.3, 0.4) is 0 Å². The van der Waals surface area contributed by atoms with Crippen molar-refractivity contribution in [3.63, 3.8) is 0 Å². The van der Waals surface area contributed by atoms with Gasteiger partial charge >= 0.3 is 0 Å². The van der Waals surface area contributed by atoms with Crippen molar-refractivity contribution in [3.05, 3.63) is 76.4 Å². The Balaban J connectivity index is 2.06. The van der Waals surface area contributed by atoms with E-state index in [9.17, 15) is 0 Å². The van der Waals surface area contributed by atoms with Gasteiger partial charge in [-0.3, -0.25) is 0 Å². The van der Waals surface area contributed by atoms with Gasteiger partial charge in [-0.25, -0.2) is 0 Å². The molecule has 1 aliphatic carbocycles. The second-order valence-corrected chi connectivity index (χ2v) is 11.8. The number of allylic oxidation sites excluding steroid dienone is 1. The quantitative estimate of drug-likeness (QED) is 0.496. The van der Waals surface area contributed by atoms with Gasteiger partial charge in [0.25, 0.3) is 0 Å². The first-order valence-electron chi connectivity index (χ1n) is 7.86. The van der Waals surface area contributed by atoms with Crippen LogP contribution in [0, 0.1) is 11.5 Å². The topological polar surface area (TPSA) is 0 Å². The molecule has 0 bridgehead atoms. The molecule has 1 heteroatoms. The second-order valence-electron chi connectivity index (χ2n) is 7.07. The summed E-state index contributed by atoms with van der Waals surface area (Å²) in [5.74, 6) is 3.39. The molecule has 0 N–H and O–H groups in total. The van der Waals surface area contributed by atoms with Crippen LogP contribution in [0.25, 0.3) is 5.57 Å². The van der Waals surface area contributed by atoms with E-state index in [0.717, 1.165) is 12.0 Å². The van der Waals surface area contributed by atoms with Gasteiger partial charge in [0, 0.05) is 5.56 Å². The second kappa shape index (κ2) is 5.63. The molecular formula is C21H22Si. The molecule has 0 saturated heterocycles. The summed E-state index contributed by atoms with van der Waals surface area (Å²) in [7, 11) is -1.33. The van der Waals surface area contributed by atoms with Crippen LogP contribution < -0.4 is 0 Å². The van der Waals surface area contributed by atoms with Crippen molar-refractivity contribution >= 4 is 13.6 Å². The third kappa shape index (κ3) is 3.08. The van der Waals surface area contributed by atoms with E-state index in [0.29, 0.717) is 0 Å². The molecule has 0 spiro atoms. The minimum Gasteiger partial charge on any atom is -0.127 e. The van der Waals surface area contributed by atoms with Gasteiger partial charge in [0.2, 0.25) is 0 Å². The first-order chi connectivity index (χ1) is 10.4. The number of hydrogen-bond donors (Lipinski definition) is 0. The van der Waals surface area contributed by atoms with Crippen LogP contribution >= 0.6 is 0 Å². The van der Waals surface area contributed by atoms with E-state index in [4.69, 9.17) is 0 Å². The Morgan fingerprint density at radius 2 is 1.68 bits per heavy atom. The lowest BCUT2D eigenvalue weighted by molar-refractivity contribution is 1.19. The smallest absolute Gasteiger partial charge is 0.127 e. The Morgan fingerprint density at radius 1 is 0.955 bits per heavy atom. The van der Waals surface area contributed by atoms with Crippen molar-refractivity contribution in [2.45, 2.75) is 33.0 Å². The van der Waals surface area contributed by atoms with Gasteiger partial charge in [-0.15, -0.1) is 5.54 Å². The van der Waals surface area contributed by atoms with Gasteiger partial charge in [-0.1, -0.05) is 67.5 Å². The minimum atomic E-state index is -1.33. The third-order valence-corrected chi connectivity index (χ3v) is 4.78. The molecule has 3 rings (SSSR count). The predicted octanol–water partition coefficient (Wildman–Crippen LogP) is 5.29. The molecule has 22 heavy (non-hydrogen) atoms. The Morgan fingerprint density at radius 3 is 2.36 bits per heavy atom. The lowest BCUT2D eigenvalue weighted by atomic mass is 9.96. The zero-order chi connectivity index (χ0) is 15.7. The lowest BCUT2D eigenvalue weighted by Crippen LogP contribution is -2.16. The van der Waals surface area contributed by atoms with Crippen molar-refractivity contribution < 1.29 is 0 Å². The third-order valence-electron chi connectivity index (χ3n) is 3.91. The zero-order valence-electron chi connectivity index (χ0n) is 13.8. The average molecular weight is 302 g/mol. The van der Waals surface area contributed by atoms with Crippen molar-refractivity contribution in [2.24, 2.45) is 0 Å². The van der Waals surface area contributed by atoms with Crippen LogP contribution in [0.4, 0.5) is 0 Å². The fourth-order valence-electron chi connectivity index (χ4n) is 2.91. The highest BCUT2D eigenvalue weighted by atomic mass is 28.3. The first-order valence-corrected chi connectivity index (χ1v) is 11.4. The summed E-state index contributed by atoms with van der Waals surface area (Å²) < 4.78 is 0. The molecule has 2 aromatic carbocycles. The normalized spacial score (nSPS) is 13.6. The van der Waals surface area contributed by atoms with E-state index in [-0.39, 0.29) is 0 Å². The summed E-state index contributed by atoms with van der Waals surface area (Å²) in [5.41, 5.74) is 11.6. The van der Waals surface area contributed by atoms with Crippen molar-refractivity contribution in [1.29, 1.82) is 0 Å².